The van der Waals surface area contributed by atoms with Crippen molar-refractivity contribution >= 4 is 51.9 Å². The molecule has 9 heteroatoms. The van der Waals surface area contributed by atoms with Gasteiger partial charge in [0, 0.05) is 16.6 Å². The minimum absolute atomic E-state index is 0.0441. The molecule has 0 bridgehead atoms. The number of anilines is 1. The molecule has 0 fully saturated rings. The van der Waals surface area contributed by atoms with Crippen LogP contribution in [0.25, 0.3) is 0 Å². The van der Waals surface area contributed by atoms with Crippen LogP contribution in [-0.4, -0.2) is 21.4 Å². The highest BCUT2D eigenvalue weighted by Crippen LogP contribution is 2.27. The highest BCUT2D eigenvalue weighted by Gasteiger charge is 2.12. The van der Waals surface area contributed by atoms with E-state index in [9.17, 15) is 4.79 Å². The molecule has 0 saturated heterocycles. The molecule has 1 radical (unpaired) electrons. The van der Waals surface area contributed by atoms with Gasteiger partial charge in [-0.05, 0) is 18.2 Å². The van der Waals surface area contributed by atoms with Crippen LogP contribution in [-0.2, 0) is 4.79 Å². The maximum absolute atomic E-state index is 10.8. The van der Waals surface area contributed by atoms with E-state index in [4.69, 9.17) is 33.8 Å². The van der Waals surface area contributed by atoms with Crippen molar-refractivity contribution in [2.24, 2.45) is 5.16 Å². The first-order chi connectivity index (χ1) is 9.10. The van der Waals surface area contributed by atoms with E-state index in [1.807, 2.05) is 0 Å². The predicted molar refractivity (Wildman–Crippen MR) is 73.6 cm³/mol. The van der Waals surface area contributed by atoms with Crippen molar-refractivity contribution in [2.45, 2.75) is 0 Å². The van der Waals surface area contributed by atoms with E-state index in [0.29, 0.717) is 5.02 Å². The number of oxime groups is 1. The molecule has 0 aliphatic heterocycles. The van der Waals surface area contributed by atoms with Gasteiger partial charge in [-0.25, -0.2) is 0 Å². The molecule has 0 spiro atoms. The Morgan fingerprint density at radius 2 is 2.26 bits per heavy atom. The lowest BCUT2D eigenvalue weighted by atomic mass is 10.3. The zero-order valence-corrected chi connectivity index (χ0v) is 11.5. The van der Waals surface area contributed by atoms with Gasteiger partial charge in [-0.15, -0.1) is 0 Å². The first-order valence-corrected chi connectivity index (χ1v) is 6.31. The Labute approximate surface area is 122 Å². The van der Waals surface area contributed by atoms with E-state index in [2.05, 4.69) is 14.5 Å². The molecular weight excluding hydrogens is 311 g/mol. The largest absolute Gasteiger partial charge is 0.374 e. The normalized spacial score (nSPS) is 11.4. The quantitative estimate of drug-likeness (QED) is 0.690. The summed E-state index contributed by atoms with van der Waals surface area (Å²) in [4.78, 5) is 19.6. The lowest BCUT2D eigenvalue weighted by Crippen LogP contribution is -2.07. The molecule has 6 nitrogen and oxygen atoms in total. The second-order valence-electron chi connectivity index (χ2n) is 3.16. The molecule has 2 rings (SSSR count). The molecule has 1 heterocycles. The molecule has 1 aromatic heterocycles. The molecule has 19 heavy (non-hydrogen) atoms. The molecule has 0 aliphatic carbocycles. The monoisotopic (exact) mass is 315 g/mol. The Morgan fingerprint density at radius 3 is 2.84 bits per heavy atom. The molecule has 0 aliphatic rings. The second-order valence-corrected chi connectivity index (χ2v) is 4.79. The molecule has 0 saturated carbocycles. The number of benzene rings is 1. The number of nitrogens with zero attached hydrogens (tertiary/aromatic N) is 3. The molecule has 2 aromatic rings. The van der Waals surface area contributed by atoms with Crippen molar-refractivity contribution in [1.29, 1.82) is 0 Å². The van der Waals surface area contributed by atoms with E-state index in [0.717, 1.165) is 11.5 Å². The number of halogens is 2. The fourth-order valence-electron chi connectivity index (χ4n) is 1.08. The summed E-state index contributed by atoms with van der Waals surface area (Å²) in [5.74, 6) is 0.282. The van der Waals surface area contributed by atoms with Gasteiger partial charge in [0.2, 0.25) is 5.82 Å². The van der Waals surface area contributed by atoms with Gasteiger partial charge in [0.25, 0.3) is 6.29 Å². The van der Waals surface area contributed by atoms with Gasteiger partial charge in [0.15, 0.2) is 16.6 Å². The zero-order chi connectivity index (χ0) is 13.8. The summed E-state index contributed by atoms with van der Waals surface area (Å²) < 4.78 is 3.81. The number of aromatic nitrogens is 2. The van der Waals surface area contributed by atoms with Crippen molar-refractivity contribution in [1.82, 2.24) is 9.36 Å². The fraction of sp³-hybridized carbons (Fsp3) is 0. The number of hydrogen-bond acceptors (Lipinski definition) is 7. The average molecular weight is 316 g/mol. The van der Waals surface area contributed by atoms with Gasteiger partial charge < -0.3 is 10.6 Å². The van der Waals surface area contributed by atoms with Crippen molar-refractivity contribution in [3.05, 3.63) is 34.1 Å². The number of hydrogen-bond donors (Lipinski definition) is 1. The Morgan fingerprint density at radius 1 is 1.47 bits per heavy atom. The third kappa shape index (κ3) is 3.40. The minimum atomic E-state index is -0.209. The van der Waals surface area contributed by atoms with Gasteiger partial charge >= 0.3 is 0 Å². The van der Waals surface area contributed by atoms with Crippen LogP contribution in [0.15, 0.2) is 23.4 Å². The SMILES string of the molecule is Nc1nc(/C([C]=O)=N\Oc2ccc(Cl)cc2Cl)ns1. The van der Waals surface area contributed by atoms with Crippen molar-refractivity contribution < 1.29 is 9.63 Å². The van der Waals surface area contributed by atoms with Gasteiger partial charge in [0.1, 0.15) is 0 Å². The predicted octanol–water partition coefficient (Wildman–Crippen LogP) is 2.32. The van der Waals surface area contributed by atoms with Crippen molar-refractivity contribution in [3.63, 3.8) is 0 Å². The first kappa shape index (κ1) is 13.7. The zero-order valence-electron chi connectivity index (χ0n) is 9.13. The molecule has 2 N–H and O–H groups in total. The fourth-order valence-corrected chi connectivity index (χ4v) is 1.96. The number of nitrogens with two attached hydrogens (primary N) is 1. The third-order valence-electron chi connectivity index (χ3n) is 1.88. The maximum Gasteiger partial charge on any atom is 0.261 e. The van der Waals surface area contributed by atoms with Crippen LogP contribution in [0.1, 0.15) is 5.82 Å². The van der Waals surface area contributed by atoms with Gasteiger partial charge in [0.05, 0.1) is 5.02 Å². The number of nitrogen functional groups attached to an aromatic ring is 1. The summed E-state index contributed by atoms with van der Waals surface area (Å²) in [5.41, 5.74) is 5.19. The van der Waals surface area contributed by atoms with Crippen LogP contribution in [0.5, 0.6) is 5.75 Å². The summed E-state index contributed by atoms with van der Waals surface area (Å²) in [7, 11) is 0. The second kappa shape index (κ2) is 5.96. The highest BCUT2D eigenvalue weighted by atomic mass is 35.5. The topological polar surface area (TPSA) is 90.5 Å². The molecular formula is C10H5Cl2N4O2S. The van der Waals surface area contributed by atoms with Crippen molar-refractivity contribution in [2.75, 3.05) is 5.73 Å². The molecule has 97 valence electrons. The molecule has 0 amide bonds. The molecule has 0 unspecified atom stereocenters. The Kier molecular flexibility index (Phi) is 4.31. The van der Waals surface area contributed by atoms with Crippen LogP contribution >= 0.6 is 34.7 Å². The maximum atomic E-state index is 10.8. The van der Waals surface area contributed by atoms with Crippen LogP contribution < -0.4 is 10.6 Å². The van der Waals surface area contributed by atoms with E-state index in [1.54, 1.807) is 12.4 Å². The van der Waals surface area contributed by atoms with E-state index in [-0.39, 0.29) is 27.4 Å². The molecule has 1 aromatic carbocycles. The minimum Gasteiger partial charge on any atom is -0.374 e. The van der Waals surface area contributed by atoms with Gasteiger partial charge in [-0.3, -0.25) is 4.79 Å². The number of carbonyl (C=O) groups excluding carboxylic acids is 1. The summed E-state index contributed by atoms with van der Waals surface area (Å²) >= 11 is 12.5. The summed E-state index contributed by atoms with van der Waals surface area (Å²) in [6.45, 7) is 0. The van der Waals surface area contributed by atoms with Gasteiger partial charge in [-0.1, -0.05) is 28.4 Å². The Balaban J connectivity index is 2.22. The lowest BCUT2D eigenvalue weighted by Gasteiger charge is -2.01. The standard InChI is InChI=1S/C10H5Cl2N4O2S/c11-5-1-2-8(6(12)3-5)18-15-7(4-17)9-14-10(13)19-16-9/h1-3H,(H2,13,14,16)/b15-7-. The first-order valence-electron chi connectivity index (χ1n) is 4.78. The number of rotatable bonds is 4. The third-order valence-corrected chi connectivity index (χ3v) is 2.95. The smallest absolute Gasteiger partial charge is 0.261 e. The van der Waals surface area contributed by atoms with E-state index in [1.165, 1.54) is 12.1 Å². The van der Waals surface area contributed by atoms with E-state index < -0.39 is 0 Å². The Bertz CT molecular complexity index is 644. The summed E-state index contributed by atoms with van der Waals surface area (Å²) in [5, 5.41) is 4.50. The highest BCUT2D eigenvalue weighted by molar-refractivity contribution is 7.09. The van der Waals surface area contributed by atoms with Gasteiger partial charge in [-0.2, -0.15) is 9.36 Å². The summed E-state index contributed by atoms with van der Waals surface area (Å²) in [6.07, 6.45) is 1.56. The van der Waals surface area contributed by atoms with E-state index >= 15 is 0 Å². The Hall–Kier alpha value is -1.70. The average Bonchev–Trinajstić information content (AvgIpc) is 2.79. The van der Waals surface area contributed by atoms with Crippen LogP contribution in [0.4, 0.5) is 5.13 Å². The van der Waals surface area contributed by atoms with Crippen LogP contribution in [0.2, 0.25) is 10.0 Å². The lowest BCUT2D eigenvalue weighted by molar-refractivity contribution is 0.342. The summed E-state index contributed by atoms with van der Waals surface area (Å²) in [6, 6.07) is 4.57. The van der Waals surface area contributed by atoms with Crippen LogP contribution in [0.3, 0.4) is 0 Å². The van der Waals surface area contributed by atoms with Crippen LogP contribution in [0, 0.1) is 0 Å². The van der Waals surface area contributed by atoms with Crippen molar-refractivity contribution in [3.8, 4) is 5.75 Å². The molecule has 0 atom stereocenters.